The van der Waals surface area contributed by atoms with Crippen LogP contribution in [0.4, 0.5) is 4.39 Å². The van der Waals surface area contributed by atoms with Crippen LogP contribution in [-0.2, 0) is 0 Å². The van der Waals surface area contributed by atoms with Gasteiger partial charge < -0.3 is 0 Å². The lowest BCUT2D eigenvalue weighted by Gasteiger charge is -2.33. The van der Waals surface area contributed by atoms with Crippen LogP contribution >= 0.6 is 0 Å². The smallest absolute Gasteiger partial charge is 0.115 e. The second-order valence-electron chi connectivity index (χ2n) is 6.68. The fraction of sp³-hybridized carbons (Fsp3) is 1.00. The molecule has 2 aliphatic heterocycles. The minimum absolute atomic E-state index is 0.254. The molecule has 1 nitrogen and oxygen atoms in total. The van der Waals surface area contributed by atoms with Crippen molar-refractivity contribution in [3.8, 4) is 0 Å². The summed E-state index contributed by atoms with van der Waals surface area (Å²) in [4.78, 5) is 2.49. The maximum atomic E-state index is 13.6. The molecule has 2 saturated heterocycles. The predicted molar refractivity (Wildman–Crippen MR) is 59.6 cm³/mol. The van der Waals surface area contributed by atoms with Crippen LogP contribution in [0.2, 0.25) is 0 Å². The Kier molecular flexibility index (Phi) is 1.99. The summed E-state index contributed by atoms with van der Waals surface area (Å²) < 4.78 is 13.6. The average molecular weight is 211 g/mol. The highest BCUT2D eigenvalue weighted by atomic mass is 19.1. The van der Waals surface area contributed by atoms with Crippen LogP contribution in [0, 0.1) is 11.3 Å². The zero-order valence-electron chi connectivity index (χ0n) is 9.93. The van der Waals surface area contributed by atoms with E-state index in [9.17, 15) is 4.39 Å². The number of fused-ring (bicyclic) bond motifs is 1. The van der Waals surface area contributed by atoms with Crippen LogP contribution < -0.4 is 0 Å². The molecule has 0 aromatic carbocycles. The first-order chi connectivity index (χ1) is 7.04. The molecular formula is C13H22FN. The third-order valence-electron chi connectivity index (χ3n) is 4.67. The van der Waals surface area contributed by atoms with Crippen molar-refractivity contribution in [3.05, 3.63) is 0 Å². The lowest BCUT2D eigenvalue weighted by molar-refractivity contribution is 0.163. The highest BCUT2D eigenvalue weighted by molar-refractivity contribution is 5.15. The Labute approximate surface area is 92.0 Å². The van der Waals surface area contributed by atoms with Crippen molar-refractivity contribution in [1.29, 1.82) is 0 Å². The van der Waals surface area contributed by atoms with Gasteiger partial charge >= 0.3 is 0 Å². The Bertz CT molecular complexity index is 272. The Hall–Kier alpha value is -0.110. The number of halogens is 1. The molecule has 3 aliphatic rings. The maximum Gasteiger partial charge on any atom is 0.115 e. The summed E-state index contributed by atoms with van der Waals surface area (Å²) in [7, 11) is 0. The molecule has 2 heterocycles. The van der Waals surface area contributed by atoms with Gasteiger partial charge in [0.05, 0.1) is 0 Å². The van der Waals surface area contributed by atoms with Gasteiger partial charge in [-0.2, -0.15) is 0 Å². The normalized spacial score (nSPS) is 42.8. The van der Waals surface area contributed by atoms with Crippen LogP contribution in [0.3, 0.4) is 0 Å². The van der Waals surface area contributed by atoms with E-state index in [1.54, 1.807) is 0 Å². The highest BCUT2D eigenvalue weighted by Crippen LogP contribution is 2.62. The summed E-state index contributed by atoms with van der Waals surface area (Å²) >= 11 is 0. The quantitative estimate of drug-likeness (QED) is 0.678. The SMILES string of the molecule is CC(C)C[C@]12C[C@@H](F)CN1CC1(CC1)C2. The molecule has 1 saturated carbocycles. The second kappa shape index (κ2) is 2.97. The van der Waals surface area contributed by atoms with Crippen molar-refractivity contribution in [2.75, 3.05) is 13.1 Å². The van der Waals surface area contributed by atoms with Gasteiger partial charge in [0.1, 0.15) is 6.17 Å². The summed E-state index contributed by atoms with van der Waals surface area (Å²) in [5, 5.41) is 0. The van der Waals surface area contributed by atoms with Crippen LogP contribution in [0.5, 0.6) is 0 Å². The monoisotopic (exact) mass is 211 g/mol. The second-order valence-corrected chi connectivity index (χ2v) is 6.68. The molecule has 3 fully saturated rings. The molecule has 0 aromatic heterocycles. The van der Waals surface area contributed by atoms with Gasteiger partial charge in [-0.15, -0.1) is 0 Å². The van der Waals surface area contributed by atoms with Gasteiger partial charge in [-0.05, 0) is 43.4 Å². The average Bonchev–Trinajstić information content (AvgIpc) is 2.65. The molecule has 2 atom stereocenters. The van der Waals surface area contributed by atoms with Crippen LogP contribution in [-0.4, -0.2) is 29.7 Å². The Morgan fingerprint density at radius 1 is 1.40 bits per heavy atom. The van der Waals surface area contributed by atoms with Gasteiger partial charge in [0.15, 0.2) is 0 Å². The van der Waals surface area contributed by atoms with Gasteiger partial charge in [-0.1, -0.05) is 13.8 Å². The van der Waals surface area contributed by atoms with Crippen molar-refractivity contribution >= 4 is 0 Å². The van der Waals surface area contributed by atoms with E-state index in [2.05, 4.69) is 18.7 Å². The largest absolute Gasteiger partial charge is 0.294 e. The molecule has 1 spiro atoms. The molecule has 0 N–H and O–H groups in total. The van der Waals surface area contributed by atoms with Gasteiger partial charge in [0.2, 0.25) is 0 Å². The number of nitrogens with zero attached hydrogens (tertiary/aromatic N) is 1. The van der Waals surface area contributed by atoms with Crippen LogP contribution in [0.15, 0.2) is 0 Å². The molecule has 86 valence electrons. The molecule has 0 aromatic rings. The number of rotatable bonds is 2. The first-order valence-electron chi connectivity index (χ1n) is 6.43. The minimum Gasteiger partial charge on any atom is -0.294 e. The third-order valence-corrected chi connectivity index (χ3v) is 4.67. The van der Waals surface area contributed by atoms with E-state index < -0.39 is 6.17 Å². The van der Waals surface area contributed by atoms with E-state index in [1.807, 2.05) is 0 Å². The lowest BCUT2D eigenvalue weighted by atomic mass is 9.82. The topological polar surface area (TPSA) is 3.24 Å². The van der Waals surface area contributed by atoms with Crippen molar-refractivity contribution in [3.63, 3.8) is 0 Å². The number of hydrogen-bond acceptors (Lipinski definition) is 1. The van der Waals surface area contributed by atoms with E-state index in [0.29, 0.717) is 17.9 Å². The van der Waals surface area contributed by atoms with Crippen LogP contribution in [0.1, 0.15) is 46.0 Å². The van der Waals surface area contributed by atoms with E-state index in [0.717, 1.165) is 6.42 Å². The zero-order valence-corrected chi connectivity index (χ0v) is 9.93. The zero-order chi connectivity index (χ0) is 10.7. The predicted octanol–water partition coefficient (Wildman–Crippen LogP) is 3.00. The van der Waals surface area contributed by atoms with Crippen LogP contribution in [0.25, 0.3) is 0 Å². The third kappa shape index (κ3) is 1.52. The minimum atomic E-state index is -0.556. The first-order valence-corrected chi connectivity index (χ1v) is 6.43. The maximum absolute atomic E-state index is 13.6. The molecule has 0 radical (unpaired) electrons. The summed E-state index contributed by atoms with van der Waals surface area (Å²) in [6, 6.07) is 0. The van der Waals surface area contributed by atoms with Crippen molar-refractivity contribution in [2.45, 2.75) is 57.7 Å². The summed E-state index contributed by atoms with van der Waals surface area (Å²) in [6.07, 6.45) is 5.56. The first kappa shape index (κ1) is 10.1. The van der Waals surface area contributed by atoms with E-state index in [1.165, 1.54) is 32.2 Å². The van der Waals surface area contributed by atoms with Crippen molar-refractivity contribution in [1.82, 2.24) is 4.90 Å². The molecule has 2 heteroatoms. The van der Waals surface area contributed by atoms with Gasteiger partial charge in [0.25, 0.3) is 0 Å². The Morgan fingerprint density at radius 2 is 2.13 bits per heavy atom. The van der Waals surface area contributed by atoms with E-state index in [-0.39, 0.29) is 5.54 Å². The number of hydrogen-bond donors (Lipinski definition) is 0. The Morgan fingerprint density at radius 3 is 2.73 bits per heavy atom. The van der Waals surface area contributed by atoms with Gasteiger partial charge in [-0.3, -0.25) is 4.90 Å². The molecule has 3 rings (SSSR count). The standard InChI is InChI=1S/C13H22FN/c1-10(2)5-13-6-11(14)7-15(13)9-12(8-13)3-4-12/h10-11H,3-9H2,1-2H3/t11-,13-/m1/s1. The van der Waals surface area contributed by atoms with Crippen molar-refractivity contribution in [2.24, 2.45) is 11.3 Å². The number of alkyl halides is 1. The van der Waals surface area contributed by atoms with Crippen molar-refractivity contribution < 1.29 is 4.39 Å². The van der Waals surface area contributed by atoms with Gasteiger partial charge in [0, 0.05) is 18.6 Å². The molecule has 1 aliphatic carbocycles. The fourth-order valence-corrected chi connectivity index (χ4v) is 4.17. The molecular weight excluding hydrogens is 189 g/mol. The molecule has 15 heavy (non-hydrogen) atoms. The molecule has 0 bridgehead atoms. The summed E-state index contributed by atoms with van der Waals surface area (Å²) in [6.45, 7) is 6.46. The molecule has 0 amide bonds. The summed E-state index contributed by atoms with van der Waals surface area (Å²) in [5.74, 6) is 0.701. The Balaban J connectivity index is 1.82. The highest BCUT2D eigenvalue weighted by Gasteiger charge is 2.61. The summed E-state index contributed by atoms with van der Waals surface area (Å²) in [5.41, 5.74) is 0.888. The lowest BCUT2D eigenvalue weighted by Crippen LogP contribution is -2.39. The van der Waals surface area contributed by atoms with Gasteiger partial charge in [-0.25, -0.2) is 4.39 Å². The van der Waals surface area contributed by atoms with E-state index in [4.69, 9.17) is 0 Å². The fourth-order valence-electron chi connectivity index (χ4n) is 4.17. The molecule has 0 unspecified atom stereocenters. The van der Waals surface area contributed by atoms with E-state index >= 15 is 0 Å².